The van der Waals surface area contributed by atoms with E-state index in [0.717, 1.165) is 102 Å². The van der Waals surface area contributed by atoms with Gasteiger partial charge in [0.05, 0.1) is 0 Å². The number of fused-ring (bicyclic) bond motifs is 4. The van der Waals surface area contributed by atoms with Gasteiger partial charge in [-0.25, -0.2) is 4.57 Å². The lowest BCUT2D eigenvalue weighted by atomic mass is 9.74. The number of hydrogen-bond donors (Lipinski definition) is 1. The fourth-order valence-corrected chi connectivity index (χ4v) is 10.5. The molecule has 3 aliphatic rings. The van der Waals surface area contributed by atoms with Gasteiger partial charge in [-0.1, -0.05) is 121 Å². The SMILES string of the molecule is O=P1(O)Oc2c(-c3c4ccccc4cc4ccccc34)ccc3c2C2(CC3)CCc3ccc(-c4c5ccccc5cc5ccccc45)c(c32)O1. The van der Waals surface area contributed by atoms with Crippen LogP contribution in [0.2, 0.25) is 0 Å². The van der Waals surface area contributed by atoms with Gasteiger partial charge in [0.1, 0.15) is 11.5 Å². The minimum Gasteiger partial charge on any atom is -0.394 e. The monoisotopic (exact) mass is 666 g/mol. The molecule has 1 aliphatic heterocycles. The second-order valence-corrected chi connectivity index (χ2v) is 15.4. The normalized spacial score (nSPS) is 16.5. The van der Waals surface area contributed by atoms with Crippen LogP contribution in [0, 0.1) is 0 Å². The first kappa shape index (κ1) is 28.4. The van der Waals surface area contributed by atoms with Gasteiger partial charge in [0.15, 0.2) is 0 Å². The molecule has 8 aromatic carbocycles. The quantitative estimate of drug-likeness (QED) is 0.147. The Morgan fingerprint density at radius 3 is 1.24 bits per heavy atom. The van der Waals surface area contributed by atoms with E-state index in [1.807, 2.05) is 0 Å². The first-order valence-corrected chi connectivity index (χ1v) is 18.9. The molecule has 240 valence electrons. The molecule has 11 rings (SSSR count). The zero-order valence-electron chi connectivity index (χ0n) is 27.1. The Morgan fingerprint density at radius 2 is 0.860 bits per heavy atom. The fraction of sp³-hybridized carbons (Fsp3) is 0.111. The molecule has 0 radical (unpaired) electrons. The lowest BCUT2D eigenvalue weighted by molar-refractivity contribution is 0.281. The Morgan fingerprint density at radius 1 is 0.500 bits per heavy atom. The minimum absolute atomic E-state index is 0.414. The lowest BCUT2D eigenvalue weighted by Crippen LogP contribution is -2.25. The molecule has 0 fully saturated rings. The summed E-state index contributed by atoms with van der Waals surface area (Å²) < 4.78 is 27.5. The zero-order valence-corrected chi connectivity index (χ0v) is 28.0. The summed E-state index contributed by atoms with van der Waals surface area (Å²) in [5.41, 5.74) is 7.69. The molecule has 4 nitrogen and oxygen atoms in total. The van der Waals surface area contributed by atoms with Gasteiger partial charge < -0.3 is 9.05 Å². The minimum atomic E-state index is -4.70. The summed E-state index contributed by atoms with van der Waals surface area (Å²) in [6, 6.07) is 46.5. The first-order valence-electron chi connectivity index (χ1n) is 17.4. The second-order valence-electron chi connectivity index (χ2n) is 14.1. The van der Waals surface area contributed by atoms with E-state index in [1.54, 1.807) is 0 Å². The summed E-state index contributed by atoms with van der Waals surface area (Å²) >= 11 is 0. The third-order valence-corrected chi connectivity index (χ3v) is 12.4. The van der Waals surface area contributed by atoms with Crippen molar-refractivity contribution in [1.29, 1.82) is 0 Å². The Hall–Kier alpha value is -5.41. The van der Waals surface area contributed by atoms with Gasteiger partial charge in [0.25, 0.3) is 0 Å². The van der Waals surface area contributed by atoms with Crippen molar-refractivity contribution < 1.29 is 18.5 Å². The van der Waals surface area contributed by atoms with Gasteiger partial charge in [0, 0.05) is 38.8 Å². The van der Waals surface area contributed by atoms with Crippen LogP contribution in [0.1, 0.15) is 35.1 Å². The molecule has 1 N–H and O–H groups in total. The third-order valence-electron chi connectivity index (χ3n) is 11.6. The number of hydrogen-bond acceptors (Lipinski definition) is 3. The van der Waals surface area contributed by atoms with Gasteiger partial charge in [-0.15, -0.1) is 0 Å². The molecule has 8 aromatic rings. The molecule has 50 heavy (non-hydrogen) atoms. The van der Waals surface area contributed by atoms with Crippen molar-refractivity contribution in [3.8, 4) is 33.8 Å². The smallest absolute Gasteiger partial charge is 0.394 e. The number of phosphoric acid groups is 1. The molecule has 0 bridgehead atoms. The number of aryl methyl sites for hydroxylation is 2. The Kier molecular flexibility index (Phi) is 5.73. The summed E-state index contributed by atoms with van der Waals surface area (Å²) in [5, 5.41) is 8.74. The number of rotatable bonds is 2. The van der Waals surface area contributed by atoms with Crippen LogP contribution in [0.3, 0.4) is 0 Å². The van der Waals surface area contributed by atoms with Crippen LogP contribution in [0.5, 0.6) is 11.5 Å². The van der Waals surface area contributed by atoms with E-state index >= 15 is 0 Å². The van der Waals surface area contributed by atoms with E-state index in [1.165, 1.54) is 11.1 Å². The fourth-order valence-electron chi connectivity index (χ4n) is 9.60. The second kappa shape index (κ2) is 10.1. The average molecular weight is 667 g/mol. The molecule has 0 unspecified atom stereocenters. The van der Waals surface area contributed by atoms with Crippen LogP contribution in [-0.4, -0.2) is 4.89 Å². The lowest BCUT2D eigenvalue weighted by Gasteiger charge is -2.35. The van der Waals surface area contributed by atoms with Gasteiger partial charge >= 0.3 is 7.82 Å². The molecule has 2 aliphatic carbocycles. The molecule has 1 heterocycles. The molecule has 0 saturated carbocycles. The molecular formula is C45H31O4P. The summed E-state index contributed by atoms with van der Waals surface area (Å²) in [7, 11) is -4.70. The van der Waals surface area contributed by atoms with Crippen molar-refractivity contribution in [3.05, 3.63) is 156 Å². The van der Waals surface area contributed by atoms with E-state index in [4.69, 9.17) is 9.05 Å². The average Bonchev–Trinajstić information content (AvgIpc) is 3.70. The molecule has 0 aromatic heterocycles. The highest BCUT2D eigenvalue weighted by atomic mass is 31.2. The van der Waals surface area contributed by atoms with Crippen LogP contribution >= 0.6 is 7.82 Å². The molecule has 0 saturated heterocycles. The predicted octanol–water partition coefficient (Wildman–Crippen LogP) is 11.7. The first-order chi connectivity index (χ1) is 24.5. The number of benzene rings is 8. The molecular weight excluding hydrogens is 635 g/mol. The van der Waals surface area contributed by atoms with E-state index in [-0.39, 0.29) is 0 Å². The maximum absolute atomic E-state index is 14.5. The van der Waals surface area contributed by atoms with Crippen molar-refractivity contribution in [3.63, 3.8) is 0 Å². The molecule has 0 atom stereocenters. The van der Waals surface area contributed by atoms with Crippen molar-refractivity contribution in [2.24, 2.45) is 0 Å². The van der Waals surface area contributed by atoms with Crippen molar-refractivity contribution in [1.82, 2.24) is 0 Å². The van der Waals surface area contributed by atoms with Crippen LogP contribution in [0.4, 0.5) is 0 Å². The van der Waals surface area contributed by atoms with E-state index in [2.05, 4.69) is 133 Å². The maximum atomic E-state index is 14.5. The third kappa shape index (κ3) is 3.84. The van der Waals surface area contributed by atoms with E-state index < -0.39 is 13.2 Å². The Labute approximate surface area is 289 Å². The van der Waals surface area contributed by atoms with Crippen molar-refractivity contribution >= 4 is 50.9 Å². The van der Waals surface area contributed by atoms with Crippen LogP contribution < -0.4 is 9.05 Å². The largest absolute Gasteiger partial charge is 0.584 e. The number of phosphoric ester groups is 1. The predicted molar refractivity (Wildman–Crippen MR) is 202 cm³/mol. The highest BCUT2D eigenvalue weighted by molar-refractivity contribution is 7.48. The van der Waals surface area contributed by atoms with E-state index in [0.29, 0.717) is 11.5 Å². The molecule has 0 amide bonds. The van der Waals surface area contributed by atoms with Crippen molar-refractivity contribution in [2.75, 3.05) is 0 Å². The Bertz CT molecular complexity index is 2540. The maximum Gasteiger partial charge on any atom is 0.584 e. The van der Waals surface area contributed by atoms with Crippen LogP contribution in [0.15, 0.2) is 133 Å². The summed E-state index contributed by atoms with van der Waals surface area (Å²) in [4.78, 5) is 11.9. The van der Waals surface area contributed by atoms with Crippen LogP contribution in [-0.2, 0) is 22.8 Å². The highest BCUT2D eigenvalue weighted by Gasteiger charge is 2.52. The van der Waals surface area contributed by atoms with E-state index in [9.17, 15) is 9.46 Å². The topological polar surface area (TPSA) is 55.8 Å². The van der Waals surface area contributed by atoms with Gasteiger partial charge in [-0.3, -0.25) is 4.89 Å². The zero-order chi connectivity index (χ0) is 33.2. The van der Waals surface area contributed by atoms with Crippen molar-refractivity contribution in [2.45, 2.75) is 31.1 Å². The Balaban J connectivity index is 1.25. The summed E-state index contributed by atoms with van der Waals surface area (Å²) in [5.74, 6) is 0.957. The van der Waals surface area contributed by atoms with Gasteiger partial charge in [0.2, 0.25) is 0 Å². The highest BCUT2D eigenvalue weighted by Crippen LogP contribution is 2.66. The van der Waals surface area contributed by atoms with Gasteiger partial charge in [-0.2, -0.15) is 0 Å². The molecule has 5 heteroatoms. The molecule has 1 spiro atoms. The standard InChI is InChI=1S/C45H31O4P/c46-50(47)48-43-37(39-33-13-5-1-9-29(33)25-30-10-2-6-14-34(30)39)19-17-27-21-23-45(41(27)43)24-22-28-18-20-38(44(49-50)42(28)45)40-35-15-7-3-11-31(35)26-32-12-4-8-16-36(32)40/h1-20,25-26H,21-24H2,(H,46,47). The van der Waals surface area contributed by atoms with Crippen LogP contribution in [0.25, 0.3) is 65.3 Å². The summed E-state index contributed by atoms with van der Waals surface area (Å²) in [6.45, 7) is 0. The summed E-state index contributed by atoms with van der Waals surface area (Å²) in [6.07, 6.45) is 3.49. The van der Waals surface area contributed by atoms with Gasteiger partial charge in [-0.05, 0) is 92.0 Å².